The van der Waals surface area contributed by atoms with Crippen molar-refractivity contribution in [2.24, 2.45) is 0 Å². The van der Waals surface area contributed by atoms with Crippen molar-refractivity contribution in [3.8, 4) is 28.1 Å². The minimum absolute atomic E-state index is 0.342. The van der Waals surface area contributed by atoms with Crippen molar-refractivity contribution in [1.29, 1.82) is 0 Å². The lowest BCUT2D eigenvalue weighted by Crippen LogP contribution is -2.37. The third kappa shape index (κ3) is 4.83. The first-order valence-electron chi connectivity index (χ1n) is 12.3. The molecule has 0 radical (unpaired) electrons. The smallest absolute Gasteiger partial charge is 0.245 e. The normalized spacial score (nSPS) is 13.6. The Bertz CT molecular complexity index is 1550. The maximum atomic E-state index is 14.6. The number of anilines is 3. The summed E-state index contributed by atoms with van der Waals surface area (Å²) in [6, 6.07) is 14.4. The lowest BCUT2D eigenvalue weighted by Gasteiger charge is -2.25. The number of hydrogen-bond donors (Lipinski definition) is 2. The predicted octanol–water partition coefficient (Wildman–Crippen LogP) is 4.45. The highest BCUT2D eigenvalue weighted by atomic mass is 19.1. The molecule has 1 aliphatic rings. The molecule has 0 aliphatic carbocycles. The van der Waals surface area contributed by atoms with Crippen molar-refractivity contribution >= 4 is 17.6 Å². The Balaban J connectivity index is 1.20. The van der Waals surface area contributed by atoms with Gasteiger partial charge in [0.05, 0.1) is 30.3 Å². The second-order valence-corrected chi connectivity index (χ2v) is 9.06. The molecule has 0 unspecified atom stereocenters. The van der Waals surface area contributed by atoms with Crippen LogP contribution in [0.15, 0.2) is 61.1 Å². The van der Waals surface area contributed by atoms with Crippen LogP contribution in [0.4, 0.5) is 22.0 Å². The van der Waals surface area contributed by atoms with E-state index in [9.17, 15) is 4.39 Å². The van der Waals surface area contributed by atoms with Crippen LogP contribution in [-0.4, -0.2) is 61.2 Å². The van der Waals surface area contributed by atoms with E-state index < -0.39 is 0 Å². The highest BCUT2D eigenvalue weighted by Crippen LogP contribution is 2.30. The summed E-state index contributed by atoms with van der Waals surface area (Å²) in [5, 5.41) is 15.0. The molecule has 0 spiro atoms. The molecule has 1 aliphatic heterocycles. The number of nitrogens with zero attached hydrogens (tertiary/aromatic N) is 7. The Kier molecular flexibility index (Phi) is 6.26. The van der Waals surface area contributed by atoms with Gasteiger partial charge in [-0.1, -0.05) is 0 Å². The molecule has 0 atom stereocenters. The number of nitrogens with one attached hydrogen (secondary N) is 2. The standard InChI is InChI=1S/C27H26FN9O/c1-17-25(18(2)34-33-17)20-13-19(14-21(28)15-20)24-7-8-29-26(32-24)31-22-3-5-23(6-4-22)37-16-30-27(35-37)36-9-11-38-12-10-36/h3-8,13-16H,9-12H2,1-2H3,(H,33,34)(H,29,31,32). The van der Waals surface area contributed by atoms with Gasteiger partial charge in [0.2, 0.25) is 11.9 Å². The zero-order chi connectivity index (χ0) is 26.1. The van der Waals surface area contributed by atoms with E-state index in [0.717, 1.165) is 47.0 Å². The van der Waals surface area contributed by atoms with E-state index in [1.165, 1.54) is 12.1 Å². The predicted molar refractivity (Wildman–Crippen MR) is 142 cm³/mol. The van der Waals surface area contributed by atoms with Crippen molar-refractivity contribution in [3.63, 3.8) is 0 Å². The summed E-state index contributed by atoms with van der Waals surface area (Å²) in [7, 11) is 0. The molecule has 2 N–H and O–H groups in total. The van der Waals surface area contributed by atoms with Crippen molar-refractivity contribution in [3.05, 3.63) is 78.3 Å². The van der Waals surface area contributed by atoms with Gasteiger partial charge in [-0.15, -0.1) is 5.10 Å². The summed E-state index contributed by atoms with van der Waals surface area (Å²) in [6.45, 7) is 6.75. The van der Waals surface area contributed by atoms with Crippen LogP contribution in [-0.2, 0) is 4.74 Å². The van der Waals surface area contributed by atoms with E-state index in [0.29, 0.717) is 36.4 Å². The SMILES string of the molecule is Cc1n[nH]c(C)c1-c1cc(F)cc(-c2ccnc(Nc3ccc(-n4cnc(N5CCOCC5)n4)cc3)n2)c1. The van der Waals surface area contributed by atoms with Gasteiger partial charge in [-0.2, -0.15) is 10.1 Å². The molecule has 192 valence electrons. The van der Waals surface area contributed by atoms with Gasteiger partial charge < -0.3 is 15.0 Å². The number of rotatable bonds is 6. The van der Waals surface area contributed by atoms with Gasteiger partial charge in [-0.05, 0) is 67.9 Å². The number of aromatic amines is 1. The fourth-order valence-corrected chi connectivity index (χ4v) is 4.55. The second kappa shape index (κ2) is 10.0. The van der Waals surface area contributed by atoms with Crippen LogP contribution in [0.5, 0.6) is 0 Å². The maximum Gasteiger partial charge on any atom is 0.245 e. The molecule has 6 rings (SSSR count). The Hall–Kier alpha value is -4.64. The number of aryl methyl sites for hydroxylation is 2. The highest BCUT2D eigenvalue weighted by Gasteiger charge is 2.16. The number of halogens is 1. The summed E-state index contributed by atoms with van der Waals surface area (Å²) in [5.74, 6) is 0.762. The van der Waals surface area contributed by atoms with Crippen molar-refractivity contribution in [1.82, 2.24) is 34.9 Å². The molecular weight excluding hydrogens is 485 g/mol. The van der Waals surface area contributed by atoms with E-state index in [-0.39, 0.29) is 5.82 Å². The van der Waals surface area contributed by atoms with Crippen LogP contribution in [0.3, 0.4) is 0 Å². The van der Waals surface area contributed by atoms with Crippen LogP contribution >= 0.6 is 0 Å². The van der Waals surface area contributed by atoms with E-state index in [1.807, 2.05) is 44.2 Å². The van der Waals surface area contributed by atoms with E-state index in [1.54, 1.807) is 23.3 Å². The Morgan fingerprint density at radius 1 is 0.974 bits per heavy atom. The van der Waals surface area contributed by atoms with Crippen LogP contribution in [0.25, 0.3) is 28.1 Å². The molecule has 1 saturated heterocycles. The molecule has 5 aromatic rings. The fourth-order valence-electron chi connectivity index (χ4n) is 4.55. The Labute approximate surface area is 218 Å². The molecule has 3 aromatic heterocycles. The number of H-pyrrole nitrogens is 1. The number of hydrogen-bond acceptors (Lipinski definition) is 8. The molecule has 38 heavy (non-hydrogen) atoms. The number of aromatic nitrogens is 7. The van der Waals surface area contributed by atoms with Crippen LogP contribution < -0.4 is 10.2 Å². The lowest BCUT2D eigenvalue weighted by atomic mass is 10.00. The third-order valence-corrected chi connectivity index (χ3v) is 6.43. The van der Waals surface area contributed by atoms with Gasteiger partial charge in [-0.3, -0.25) is 5.10 Å². The molecule has 4 heterocycles. The van der Waals surface area contributed by atoms with E-state index in [2.05, 4.69) is 40.5 Å². The van der Waals surface area contributed by atoms with Gasteiger partial charge in [0.15, 0.2) is 0 Å². The maximum absolute atomic E-state index is 14.6. The number of morpholine rings is 1. The first-order chi connectivity index (χ1) is 18.5. The summed E-state index contributed by atoms with van der Waals surface area (Å²) in [4.78, 5) is 15.5. The van der Waals surface area contributed by atoms with Gasteiger partial charge in [-0.25, -0.2) is 19.0 Å². The van der Waals surface area contributed by atoms with Crippen LogP contribution in [0.2, 0.25) is 0 Å². The summed E-state index contributed by atoms with van der Waals surface area (Å²) < 4.78 is 21.7. The van der Waals surface area contributed by atoms with Gasteiger partial charge in [0.1, 0.15) is 12.1 Å². The summed E-state index contributed by atoms with van der Waals surface area (Å²) in [6.07, 6.45) is 3.36. The molecule has 0 bridgehead atoms. The highest BCUT2D eigenvalue weighted by molar-refractivity contribution is 5.74. The van der Waals surface area contributed by atoms with Gasteiger partial charge in [0, 0.05) is 41.8 Å². The molecular formula is C27H26FN9O. The van der Waals surface area contributed by atoms with E-state index >= 15 is 0 Å². The van der Waals surface area contributed by atoms with Crippen LogP contribution in [0.1, 0.15) is 11.4 Å². The average Bonchev–Trinajstić information content (AvgIpc) is 3.56. The third-order valence-electron chi connectivity index (χ3n) is 6.43. The monoisotopic (exact) mass is 511 g/mol. The first-order valence-corrected chi connectivity index (χ1v) is 12.3. The number of benzene rings is 2. The lowest BCUT2D eigenvalue weighted by molar-refractivity contribution is 0.122. The molecule has 10 nitrogen and oxygen atoms in total. The fraction of sp³-hybridized carbons (Fsp3) is 0.222. The molecule has 0 saturated carbocycles. The minimum Gasteiger partial charge on any atom is -0.378 e. The van der Waals surface area contributed by atoms with Crippen LogP contribution in [0, 0.1) is 19.7 Å². The Morgan fingerprint density at radius 2 is 1.76 bits per heavy atom. The van der Waals surface area contributed by atoms with Gasteiger partial charge >= 0.3 is 0 Å². The quantitative estimate of drug-likeness (QED) is 0.344. The molecule has 1 fully saturated rings. The van der Waals surface area contributed by atoms with Crippen molar-refractivity contribution < 1.29 is 9.13 Å². The first kappa shape index (κ1) is 23.7. The van der Waals surface area contributed by atoms with Crippen molar-refractivity contribution in [2.75, 3.05) is 36.5 Å². The van der Waals surface area contributed by atoms with E-state index in [4.69, 9.17) is 4.74 Å². The topological polar surface area (TPSA) is 110 Å². The molecule has 2 aromatic carbocycles. The zero-order valence-corrected chi connectivity index (χ0v) is 21.0. The zero-order valence-electron chi connectivity index (χ0n) is 21.0. The average molecular weight is 512 g/mol. The number of ether oxygens (including phenoxy) is 1. The second-order valence-electron chi connectivity index (χ2n) is 9.06. The molecule has 11 heteroatoms. The summed E-state index contributed by atoms with van der Waals surface area (Å²) >= 11 is 0. The summed E-state index contributed by atoms with van der Waals surface area (Å²) in [5.41, 5.74) is 6.30. The Morgan fingerprint density at radius 3 is 2.53 bits per heavy atom. The minimum atomic E-state index is -0.342. The van der Waals surface area contributed by atoms with Gasteiger partial charge in [0.25, 0.3) is 0 Å². The largest absolute Gasteiger partial charge is 0.378 e. The van der Waals surface area contributed by atoms with Crippen molar-refractivity contribution in [2.45, 2.75) is 13.8 Å². The molecule has 0 amide bonds.